The van der Waals surface area contributed by atoms with Crippen molar-refractivity contribution in [2.24, 2.45) is 0 Å². The van der Waals surface area contributed by atoms with Gasteiger partial charge in [-0.1, -0.05) is 13.8 Å². The fraction of sp³-hybridized carbons (Fsp3) is 0.538. The maximum Gasteiger partial charge on any atom is 0.522 e. The molecule has 0 saturated heterocycles. The van der Waals surface area contributed by atoms with Gasteiger partial charge in [0.25, 0.3) is 0 Å². The second-order valence-corrected chi connectivity index (χ2v) is 4.43. The third-order valence-corrected chi connectivity index (χ3v) is 2.33. The van der Waals surface area contributed by atoms with Gasteiger partial charge in [-0.25, -0.2) is 4.39 Å². The zero-order chi connectivity index (χ0) is 15.2. The van der Waals surface area contributed by atoms with Crippen LogP contribution in [0, 0.1) is 5.82 Å². The second-order valence-electron chi connectivity index (χ2n) is 4.43. The summed E-state index contributed by atoms with van der Waals surface area (Å²) in [7, 11) is 0. The summed E-state index contributed by atoms with van der Waals surface area (Å²) in [5.74, 6) is -0.0882. The number of alkyl halides is 3. The van der Waals surface area contributed by atoms with Gasteiger partial charge in [-0.15, -0.1) is 13.2 Å². The van der Waals surface area contributed by atoms with Gasteiger partial charge < -0.3 is 10.1 Å². The first kappa shape index (κ1) is 16.7. The van der Waals surface area contributed by atoms with Gasteiger partial charge in [-0.05, 0) is 18.2 Å². The molecule has 1 aromatic rings. The fourth-order valence-corrected chi connectivity index (χ4v) is 1.45. The van der Waals surface area contributed by atoms with Crippen molar-refractivity contribution in [3.05, 3.63) is 29.6 Å². The van der Waals surface area contributed by atoms with E-state index in [0.29, 0.717) is 17.9 Å². The van der Waals surface area contributed by atoms with E-state index in [2.05, 4.69) is 10.1 Å². The monoisotopic (exact) mass is 295 g/mol. The van der Waals surface area contributed by atoms with E-state index >= 15 is 0 Å². The first-order chi connectivity index (χ1) is 9.28. The highest BCUT2D eigenvalue weighted by Gasteiger charge is 2.28. The molecule has 0 atom stereocenters. The summed E-state index contributed by atoms with van der Waals surface area (Å²) in [4.78, 5) is 0. The number of hydrogen-bond donors (Lipinski definition) is 1. The number of nitrogens with one attached hydrogen (secondary N) is 1. The molecule has 0 amide bonds. The molecule has 20 heavy (non-hydrogen) atoms. The van der Waals surface area contributed by atoms with E-state index in [1.54, 1.807) is 0 Å². The van der Waals surface area contributed by atoms with Gasteiger partial charge in [0.15, 0.2) is 0 Å². The molecule has 3 nitrogen and oxygen atoms in total. The molecule has 0 spiro atoms. The SMILES string of the molecule is CC(C)NCc1cc(F)ccc1OCCOC(F)(F)F. The van der Waals surface area contributed by atoms with Crippen LogP contribution in [0.4, 0.5) is 17.6 Å². The van der Waals surface area contributed by atoms with Crippen molar-refractivity contribution < 1.29 is 27.0 Å². The summed E-state index contributed by atoms with van der Waals surface area (Å²) in [5, 5.41) is 3.09. The molecule has 1 rings (SSSR count). The summed E-state index contributed by atoms with van der Waals surface area (Å²) in [6.07, 6.45) is -4.67. The van der Waals surface area contributed by atoms with Crippen LogP contribution in [0.1, 0.15) is 19.4 Å². The molecule has 114 valence electrons. The number of rotatable bonds is 7. The Hall–Kier alpha value is -1.34. The van der Waals surface area contributed by atoms with Gasteiger partial charge in [-0.2, -0.15) is 0 Å². The summed E-state index contributed by atoms with van der Waals surface area (Å²) < 4.78 is 57.3. The summed E-state index contributed by atoms with van der Waals surface area (Å²) in [6.45, 7) is 3.34. The predicted octanol–water partition coefficient (Wildman–Crippen LogP) is 3.24. The Bertz CT molecular complexity index is 421. The molecule has 1 aromatic carbocycles. The molecule has 0 saturated carbocycles. The molecule has 7 heteroatoms. The third-order valence-electron chi connectivity index (χ3n) is 2.33. The molecular formula is C13H17F4NO2. The van der Waals surface area contributed by atoms with Crippen molar-refractivity contribution in [3.63, 3.8) is 0 Å². The molecule has 0 aliphatic carbocycles. The van der Waals surface area contributed by atoms with E-state index in [1.807, 2.05) is 13.8 Å². The van der Waals surface area contributed by atoms with Gasteiger partial charge >= 0.3 is 6.36 Å². The molecule has 1 N–H and O–H groups in total. The maximum absolute atomic E-state index is 13.2. The maximum atomic E-state index is 13.2. The average Bonchev–Trinajstić information content (AvgIpc) is 2.32. The largest absolute Gasteiger partial charge is 0.522 e. The average molecular weight is 295 g/mol. The van der Waals surface area contributed by atoms with Gasteiger partial charge in [0.1, 0.15) is 18.2 Å². The lowest BCUT2D eigenvalue weighted by Crippen LogP contribution is -2.23. The fourth-order valence-electron chi connectivity index (χ4n) is 1.45. The summed E-state index contributed by atoms with van der Waals surface area (Å²) >= 11 is 0. The van der Waals surface area contributed by atoms with Crippen LogP contribution >= 0.6 is 0 Å². The van der Waals surface area contributed by atoms with Crippen LogP contribution < -0.4 is 10.1 Å². The van der Waals surface area contributed by atoms with E-state index in [-0.39, 0.29) is 12.6 Å². The Morgan fingerprint density at radius 1 is 1.20 bits per heavy atom. The zero-order valence-electron chi connectivity index (χ0n) is 11.3. The molecule has 0 fully saturated rings. The van der Waals surface area contributed by atoms with Crippen molar-refractivity contribution in [1.82, 2.24) is 5.32 Å². The number of benzene rings is 1. The van der Waals surface area contributed by atoms with E-state index in [4.69, 9.17) is 4.74 Å². The van der Waals surface area contributed by atoms with Crippen molar-refractivity contribution in [3.8, 4) is 5.75 Å². The van der Waals surface area contributed by atoms with Crippen molar-refractivity contribution in [1.29, 1.82) is 0 Å². The molecule has 0 unspecified atom stereocenters. The second kappa shape index (κ2) is 7.44. The van der Waals surface area contributed by atoms with Crippen LogP contribution in [0.15, 0.2) is 18.2 Å². The van der Waals surface area contributed by atoms with Crippen LogP contribution in [-0.2, 0) is 11.3 Å². The summed E-state index contributed by atoms with van der Waals surface area (Å²) in [5.41, 5.74) is 0.547. The molecule has 0 radical (unpaired) electrons. The van der Waals surface area contributed by atoms with Gasteiger partial charge in [-0.3, -0.25) is 4.74 Å². The molecule has 0 aliphatic heterocycles. The minimum atomic E-state index is -4.67. The molecule has 0 aromatic heterocycles. The quantitative estimate of drug-likeness (QED) is 0.619. The van der Waals surface area contributed by atoms with Crippen molar-refractivity contribution in [2.45, 2.75) is 32.8 Å². The lowest BCUT2D eigenvalue weighted by molar-refractivity contribution is -0.325. The van der Waals surface area contributed by atoms with Crippen LogP contribution in [0.2, 0.25) is 0 Å². The predicted molar refractivity (Wildman–Crippen MR) is 65.9 cm³/mol. The lowest BCUT2D eigenvalue weighted by atomic mass is 10.2. The Kier molecular flexibility index (Phi) is 6.22. The topological polar surface area (TPSA) is 30.5 Å². The molecule has 0 heterocycles. The zero-order valence-corrected chi connectivity index (χ0v) is 11.3. The Morgan fingerprint density at radius 3 is 2.50 bits per heavy atom. The van der Waals surface area contributed by atoms with Gasteiger partial charge in [0.2, 0.25) is 0 Å². The minimum Gasteiger partial charge on any atom is -0.491 e. The van der Waals surface area contributed by atoms with Crippen LogP contribution in [0.25, 0.3) is 0 Å². The van der Waals surface area contributed by atoms with Crippen LogP contribution in [-0.4, -0.2) is 25.6 Å². The van der Waals surface area contributed by atoms with E-state index in [0.717, 1.165) is 0 Å². The van der Waals surface area contributed by atoms with E-state index < -0.39 is 18.8 Å². The number of halogens is 4. The highest BCUT2D eigenvalue weighted by molar-refractivity contribution is 5.34. The van der Waals surface area contributed by atoms with Crippen molar-refractivity contribution in [2.75, 3.05) is 13.2 Å². The molecular weight excluding hydrogens is 278 g/mol. The number of ether oxygens (including phenoxy) is 2. The smallest absolute Gasteiger partial charge is 0.491 e. The van der Waals surface area contributed by atoms with Crippen LogP contribution in [0.5, 0.6) is 5.75 Å². The van der Waals surface area contributed by atoms with Gasteiger partial charge in [0.05, 0.1) is 6.61 Å². The first-order valence-electron chi connectivity index (χ1n) is 6.13. The van der Waals surface area contributed by atoms with Gasteiger partial charge in [0, 0.05) is 18.2 Å². The molecule has 0 bridgehead atoms. The third kappa shape index (κ3) is 6.72. The van der Waals surface area contributed by atoms with Crippen LogP contribution in [0.3, 0.4) is 0 Å². The standard InChI is InChI=1S/C13H17F4NO2/c1-9(2)18-8-10-7-11(14)3-4-12(10)19-5-6-20-13(15,16)17/h3-4,7,9,18H,5-6,8H2,1-2H3. The van der Waals surface area contributed by atoms with E-state index in [9.17, 15) is 17.6 Å². The first-order valence-corrected chi connectivity index (χ1v) is 6.13. The van der Waals surface area contributed by atoms with Crippen molar-refractivity contribution >= 4 is 0 Å². The molecule has 0 aliphatic rings. The Labute approximate surface area is 114 Å². The Morgan fingerprint density at radius 2 is 1.90 bits per heavy atom. The lowest BCUT2D eigenvalue weighted by Gasteiger charge is -2.14. The minimum absolute atomic E-state index is 0.194. The highest BCUT2D eigenvalue weighted by Crippen LogP contribution is 2.20. The van der Waals surface area contributed by atoms with E-state index in [1.165, 1.54) is 18.2 Å². The normalized spacial score (nSPS) is 11.9. The number of hydrogen-bond acceptors (Lipinski definition) is 3. The Balaban J connectivity index is 2.55. The highest BCUT2D eigenvalue weighted by atomic mass is 19.4. The summed E-state index contributed by atoms with van der Waals surface area (Å²) in [6, 6.07) is 4.06.